The minimum Gasteiger partial charge on any atom is -0.455 e. The largest absolute Gasteiger partial charge is 0.455 e. The van der Waals surface area contributed by atoms with Crippen LogP contribution in [0.15, 0.2) is 24.3 Å². The second kappa shape index (κ2) is 10.9. The Morgan fingerprint density at radius 3 is 2.35 bits per heavy atom. The lowest BCUT2D eigenvalue weighted by molar-refractivity contribution is -0.148. The molecule has 0 aliphatic heterocycles. The van der Waals surface area contributed by atoms with Crippen molar-refractivity contribution in [1.82, 2.24) is 10.6 Å². The van der Waals surface area contributed by atoms with Crippen LogP contribution in [0.25, 0.3) is 0 Å². The van der Waals surface area contributed by atoms with Crippen molar-refractivity contribution in [2.45, 2.75) is 39.7 Å². The van der Waals surface area contributed by atoms with Gasteiger partial charge in [-0.1, -0.05) is 19.1 Å². The van der Waals surface area contributed by atoms with E-state index in [1.807, 2.05) is 6.92 Å². The van der Waals surface area contributed by atoms with Gasteiger partial charge in [0.1, 0.15) is 6.04 Å². The summed E-state index contributed by atoms with van der Waals surface area (Å²) in [6.07, 6.45) is 0.802. The molecule has 0 aromatic heterocycles. The van der Waals surface area contributed by atoms with E-state index in [2.05, 4.69) is 16.0 Å². The number of amides is 3. The summed E-state index contributed by atoms with van der Waals surface area (Å²) in [5.41, 5.74) is 1.32. The summed E-state index contributed by atoms with van der Waals surface area (Å²) in [5, 5.41) is 7.75. The van der Waals surface area contributed by atoms with Gasteiger partial charge in [-0.25, -0.2) is 0 Å². The number of hydrogen-bond donors (Lipinski definition) is 3. The van der Waals surface area contributed by atoms with Gasteiger partial charge in [0.25, 0.3) is 5.91 Å². The fraction of sp³-hybridized carbons (Fsp3) is 0.444. The predicted molar refractivity (Wildman–Crippen MR) is 96.3 cm³/mol. The first kappa shape index (κ1) is 21.1. The Morgan fingerprint density at radius 2 is 1.77 bits per heavy atom. The number of hydrogen-bond acceptors (Lipinski definition) is 5. The smallest absolute Gasteiger partial charge is 0.310 e. The average molecular weight is 363 g/mol. The molecule has 0 aliphatic rings. The van der Waals surface area contributed by atoms with Crippen LogP contribution < -0.4 is 16.0 Å². The summed E-state index contributed by atoms with van der Waals surface area (Å²) in [7, 11) is 0. The van der Waals surface area contributed by atoms with Crippen LogP contribution in [0.5, 0.6) is 0 Å². The Hall–Kier alpha value is -2.90. The lowest BCUT2D eigenvalue weighted by Gasteiger charge is -2.13. The second-order valence-electron chi connectivity index (χ2n) is 5.80. The molecule has 1 rings (SSSR count). The van der Waals surface area contributed by atoms with Gasteiger partial charge in [0, 0.05) is 19.2 Å². The van der Waals surface area contributed by atoms with Crippen LogP contribution in [0.2, 0.25) is 0 Å². The van der Waals surface area contributed by atoms with Crippen molar-refractivity contribution in [1.29, 1.82) is 0 Å². The van der Waals surface area contributed by atoms with Gasteiger partial charge in [0.05, 0.1) is 6.42 Å². The number of nitrogens with one attached hydrogen (secondary N) is 3. The number of rotatable bonds is 9. The van der Waals surface area contributed by atoms with Crippen LogP contribution in [-0.4, -0.2) is 42.9 Å². The van der Waals surface area contributed by atoms with E-state index in [0.29, 0.717) is 17.8 Å². The predicted octanol–water partition coefficient (Wildman–Crippen LogP) is 0.762. The van der Waals surface area contributed by atoms with E-state index < -0.39 is 24.5 Å². The fourth-order valence-corrected chi connectivity index (χ4v) is 2.02. The second-order valence-corrected chi connectivity index (χ2v) is 5.80. The molecular weight excluding hydrogens is 338 g/mol. The van der Waals surface area contributed by atoms with Gasteiger partial charge in [-0.05, 0) is 31.0 Å². The monoisotopic (exact) mass is 363 g/mol. The Balaban J connectivity index is 2.35. The van der Waals surface area contributed by atoms with Crippen molar-refractivity contribution in [2.75, 3.05) is 18.5 Å². The SMILES string of the molecule is CCCNC(=O)[C@@H](C)NC(=O)COC(=O)Cc1ccc(NC(C)=O)cc1. The molecule has 0 heterocycles. The van der Waals surface area contributed by atoms with Gasteiger partial charge < -0.3 is 20.7 Å². The average Bonchev–Trinajstić information content (AvgIpc) is 2.59. The Labute approximate surface area is 152 Å². The maximum absolute atomic E-state index is 11.8. The maximum Gasteiger partial charge on any atom is 0.310 e. The molecule has 0 spiro atoms. The number of carbonyl (C=O) groups excluding carboxylic acids is 4. The zero-order valence-corrected chi connectivity index (χ0v) is 15.3. The summed E-state index contributed by atoms with van der Waals surface area (Å²) in [6.45, 7) is 4.98. The van der Waals surface area contributed by atoms with Crippen LogP contribution in [0.1, 0.15) is 32.8 Å². The molecule has 8 nitrogen and oxygen atoms in total. The van der Waals surface area contributed by atoms with Crippen molar-refractivity contribution in [2.24, 2.45) is 0 Å². The van der Waals surface area contributed by atoms with Crippen molar-refractivity contribution in [3.05, 3.63) is 29.8 Å². The minimum atomic E-state index is -0.700. The van der Waals surface area contributed by atoms with E-state index in [1.165, 1.54) is 6.92 Å². The third-order valence-corrected chi connectivity index (χ3v) is 3.31. The number of esters is 1. The van der Waals surface area contributed by atoms with Gasteiger partial charge >= 0.3 is 5.97 Å². The molecule has 0 bridgehead atoms. The summed E-state index contributed by atoms with van der Waals surface area (Å²) in [5.74, 6) is -1.57. The molecule has 1 aromatic rings. The molecule has 0 radical (unpaired) electrons. The van der Waals surface area contributed by atoms with Crippen molar-refractivity contribution in [3.8, 4) is 0 Å². The molecule has 3 N–H and O–H groups in total. The van der Waals surface area contributed by atoms with E-state index in [-0.39, 0.29) is 18.2 Å². The highest BCUT2D eigenvalue weighted by Crippen LogP contribution is 2.10. The van der Waals surface area contributed by atoms with Gasteiger partial charge in [-0.15, -0.1) is 0 Å². The summed E-state index contributed by atoms with van der Waals surface area (Å²) in [4.78, 5) is 46.1. The number of anilines is 1. The molecule has 26 heavy (non-hydrogen) atoms. The highest BCUT2D eigenvalue weighted by molar-refractivity contribution is 5.89. The first-order valence-electron chi connectivity index (χ1n) is 8.41. The molecule has 0 saturated carbocycles. The molecule has 0 unspecified atom stereocenters. The van der Waals surface area contributed by atoms with Crippen LogP contribution in [0, 0.1) is 0 Å². The Kier molecular flexibility index (Phi) is 8.83. The zero-order chi connectivity index (χ0) is 19.5. The van der Waals surface area contributed by atoms with Gasteiger partial charge in [-0.3, -0.25) is 19.2 Å². The number of ether oxygens (including phenoxy) is 1. The third-order valence-electron chi connectivity index (χ3n) is 3.31. The summed E-state index contributed by atoms with van der Waals surface area (Å²) in [6, 6.07) is 6.02. The Bertz CT molecular complexity index is 643. The zero-order valence-electron chi connectivity index (χ0n) is 15.3. The molecule has 8 heteroatoms. The molecule has 0 fully saturated rings. The normalized spacial score (nSPS) is 11.2. The maximum atomic E-state index is 11.8. The van der Waals surface area contributed by atoms with E-state index in [9.17, 15) is 19.2 Å². The van der Waals surface area contributed by atoms with Crippen LogP contribution in [0.3, 0.4) is 0 Å². The third kappa shape index (κ3) is 8.27. The van der Waals surface area contributed by atoms with Crippen LogP contribution in [-0.2, 0) is 30.3 Å². The highest BCUT2D eigenvalue weighted by atomic mass is 16.5. The molecule has 1 aromatic carbocycles. The van der Waals surface area contributed by atoms with E-state index in [0.717, 1.165) is 6.42 Å². The van der Waals surface area contributed by atoms with Crippen molar-refractivity contribution < 1.29 is 23.9 Å². The highest BCUT2D eigenvalue weighted by Gasteiger charge is 2.16. The topological polar surface area (TPSA) is 114 Å². The molecule has 1 atom stereocenters. The lowest BCUT2D eigenvalue weighted by Crippen LogP contribution is -2.46. The molecule has 0 aliphatic carbocycles. The van der Waals surface area contributed by atoms with E-state index in [1.54, 1.807) is 31.2 Å². The molecular formula is C18H25N3O5. The first-order valence-corrected chi connectivity index (χ1v) is 8.41. The molecule has 0 saturated heterocycles. The molecule has 142 valence electrons. The minimum absolute atomic E-state index is 0.000170. The van der Waals surface area contributed by atoms with Crippen molar-refractivity contribution >= 4 is 29.4 Å². The standard InChI is InChI=1S/C18H25N3O5/c1-4-9-19-18(25)12(2)20-16(23)11-26-17(24)10-14-5-7-15(8-6-14)21-13(3)22/h5-8,12H,4,9-11H2,1-3H3,(H,19,25)(H,20,23)(H,21,22)/t12-/m1/s1. The Morgan fingerprint density at radius 1 is 1.12 bits per heavy atom. The fourth-order valence-electron chi connectivity index (χ4n) is 2.02. The number of carbonyl (C=O) groups is 4. The van der Waals surface area contributed by atoms with Gasteiger partial charge in [-0.2, -0.15) is 0 Å². The van der Waals surface area contributed by atoms with E-state index in [4.69, 9.17) is 4.74 Å². The lowest BCUT2D eigenvalue weighted by atomic mass is 10.1. The van der Waals surface area contributed by atoms with Gasteiger partial charge in [0.2, 0.25) is 11.8 Å². The summed E-state index contributed by atoms with van der Waals surface area (Å²) >= 11 is 0. The van der Waals surface area contributed by atoms with Crippen LogP contribution >= 0.6 is 0 Å². The quantitative estimate of drug-likeness (QED) is 0.561. The van der Waals surface area contributed by atoms with Crippen molar-refractivity contribution in [3.63, 3.8) is 0 Å². The van der Waals surface area contributed by atoms with Crippen LogP contribution in [0.4, 0.5) is 5.69 Å². The first-order chi connectivity index (χ1) is 12.3. The number of benzene rings is 1. The molecule has 3 amide bonds. The van der Waals surface area contributed by atoms with E-state index >= 15 is 0 Å². The van der Waals surface area contributed by atoms with Gasteiger partial charge in [0.15, 0.2) is 6.61 Å². The summed E-state index contributed by atoms with van der Waals surface area (Å²) < 4.78 is 4.91.